The molecule has 1 saturated heterocycles. The first kappa shape index (κ1) is 10.3. The van der Waals surface area contributed by atoms with Gasteiger partial charge in [-0.2, -0.15) is 0 Å². The Morgan fingerprint density at radius 2 is 1.80 bits per heavy atom. The van der Waals surface area contributed by atoms with E-state index in [9.17, 15) is 5.11 Å². The fourth-order valence-corrected chi connectivity index (χ4v) is 2.11. The van der Waals surface area contributed by atoms with Gasteiger partial charge in [-0.1, -0.05) is 12.1 Å². The van der Waals surface area contributed by atoms with Crippen LogP contribution < -0.4 is 4.90 Å². The highest BCUT2D eigenvalue weighted by molar-refractivity contribution is 5.57. The molecule has 2 atom stereocenters. The van der Waals surface area contributed by atoms with E-state index < -0.39 is 0 Å². The Labute approximate surface area is 90.3 Å². The largest absolute Gasteiger partial charge is 0.506 e. The molecule has 1 aliphatic heterocycles. The predicted molar refractivity (Wildman–Crippen MR) is 60.3 cm³/mol. The normalized spacial score (nSPS) is 26.7. The number of para-hydroxylation sites is 2. The number of nitrogens with zero attached hydrogens (tertiary/aromatic N) is 1. The zero-order valence-corrected chi connectivity index (χ0v) is 9.18. The maximum absolute atomic E-state index is 9.75. The van der Waals surface area contributed by atoms with Gasteiger partial charge in [-0.25, -0.2) is 0 Å². The van der Waals surface area contributed by atoms with E-state index in [-0.39, 0.29) is 12.2 Å². The van der Waals surface area contributed by atoms with Crippen molar-refractivity contribution in [2.24, 2.45) is 0 Å². The van der Waals surface area contributed by atoms with Crippen molar-refractivity contribution in [2.45, 2.75) is 26.1 Å². The zero-order chi connectivity index (χ0) is 10.8. The summed E-state index contributed by atoms with van der Waals surface area (Å²) in [6.45, 7) is 5.79. The van der Waals surface area contributed by atoms with Gasteiger partial charge in [-0.3, -0.25) is 0 Å². The Balaban J connectivity index is 2.20. The van der Waals surface area contributed by atoms with Crippen LogP contribution in [0, 0.1) is 0 Å². The van der Waals surface area contributed by atoms with Crippen LogP contribution in [0.25, 0.3) is 0 Å². The lowest BCUT2D eigenvalue weighted by atomic mass is 10.2. The lowest BCUT2D eigenvalue weighted by Crippen LogP contribution is -2.45. The molecule has 1 fully saturated rings. The minimum absolute atomic E-state index is 0.216. The van der Waals surface area contributed by atoms with E-state index in [1.165, 1.54) is 0 Å². The highest BCUT2D eigenvalue weighted by Gasteiger charge is 2.23. The Morgan fingerprint density at radius 1 is 1.20 bits per heavy atom. The molecule has 0 amide bonds. The summed E-state index contributed by atoms with van der Waals surface area (Å²) < 4.78 is 5.65. The third kappa shape index (κ3) is 2.23. The van der Waals surface area contributed by atoms with Gasteiger partial charge in [0.05, 0.1) is 17.9 Å². The van der Waals surface area contributed by atoms with Crippen molar-refractivity contribution in [3.8, 4) is 5.75 Å². The number of phenols is 1. The Bertz CT molecular complexity index is 330. The smallest absolute Gasteiger partial charge is 0.138 e. The molecule has 1 heterocycles. The average molecular weight is 207 g/mol. The fraction of sp³-hybridized carbons (Fsp3) is 0.500. The molecule has 82 valence electrons. The number of anilines is 1. The van der Waals surface area contributed by atoms with Crippen LogP contribution >= 0.6 is 0 Å². The highest BCUT2D eigenvalue weighted by Crippen LogP contribution is 2.28. The summed E-state index contributed by atoms with van der Waals surface area (Å²) in [5.74, 6) is 0.346. The van der Waals surface area contributed by atoms with Gasteiger partial charge >= 0.3 is 0 Å². The number of morpholine rings is 1. The topological polar surface area (TPSA) is 32.7 Å². The Morgan fingerprint density at radius 3 is 2.40 bits per heavy atom. The van der Waals surface area contributed by atoms with Gasteiger partial charge in [0.25, 0.3) is 0 Å². The Hall–Kier alpha value is -1.22. The summed E-state index contributed by atoms with van der Waals surface area (Å²) in [5.41, 5.74) is 0.902. The molecule has 0 aliphatic carbocycles. The second-order valence-electron chi connectivity index (χ2n) is 4.15. The molecule has 1 aromatic carbocycles. The monoisotopic (exact) mass is 207 g/mol. The third-order valence-electron chi connectivity index (χ3n) is 2.64. The van der Waals surface area contributed by atoms with Crippen LogP contribution in [0.5, 0.6) is 5.75 Å². The summed E-state index contributed by atoms with van der Waals surface area (Å²) >= 11 is 0. The van der Waals surface area contributed by atoms with Gasteiger partial charge in [-0.05, 0) is 26.0 Å². The van der Waals surface area contributed by atoms with E-state index in [2.05, 4.69) is 18.7 Å². The van der Waals surface area contributed by atoms with Gasteiger partial charge in [-0.15, -0.1) is 0 Å². The minimum Gasteiger partial charge on any atom is -0.506 e. The number of aromatic hydroxyl groups is 1. The quantitative estimate of drug-likeness (QED) is 0.764. The first-order chi connectivity index (χ1) is 7.16. The van der Waals surface area contributed by atoms with E-state index >= 15 is 0 Å². The van der Waals surface area contributed by atoms with Gasteiger partial charge in [0.2, 0.25) is 0 Å². The van der Waals surface area contributed by atoms with Crippen molar-refractivity contribution >= 4 is 5.69 Å². The van der Waals surface area contributed by atoms with Crippen molar-refractivity contribution in [3.05, 3.63) is 24.3 Å². The fourth-order valence-electron chi connectivity index (χ4n) is 2.11. The van der Waals surface area contributed by atoms with E-state index in [1.54, 1.807) is 6.07 Å². The van der Waals surface area contributed by atoms with E-state index in [0.29, 0.717) is 5.75 Å². The molecular formula is C12H17NO2. The summed E-state index contributed by atoms with van der Waals surface area (Å²) in [5, 5.41) is 9.75. The molecule has 1 aliphatic rings. The van der Waals surface area contributed by atoms with Crippen molar-refractivity contribution < 1.29 is 9.84 Å². The van der Waals surface area contributed by atoms with Crippen molar-refractivity contribution in [3.63, 3.8) is 0 Å². The molecule has 2 rings (SSSR count). The predicted octanol–water partition coefficient (Wildman–Crippen LogP) is 2.01. The van der Waals surface area contributed by atoms with Crippen LogP contribution in [0.3, 0.4) is 0 Å². The number of hydrogen-bond donors (Lipinski definition) is 1. The minimum atomic E-state index is 0.216. The highest BCUT2D eigenvalue weighted by atomic mass is 16.5. The van der Waals surface area contributed by atoms with Crippen LogP contribution in [0.15, 0.2) is 24.3 Å². The number of hydrogen-bond acceptors (Lipinski definition) is 3. The van der Waals surface area contributed by atoms with Crippen molar-refractivity contribution in [1.29, 1.82) is 0 Å². The molecule has 3 nitrogen and oxygen atoms in total. The maximum Gasteiger partial charge on any atom is 0.138 e. The second kappa shape index (κ2) is 4.11. The summed E-state index contributed by atoms with van der Waals surface area (Å²) in [6, 6.07) is 7.45. The van der Waals surface area contributed by atoms with Gasteiger partial charge in [0.1, 0.15) is 5.75 Å². The van der Waals surface area contributed by atoms with E-state index in [1.807, 2.05) is 18.2 Å². The molecule has 1 N–H and O–H groups in total. The molecule has 3 heteroatoms. The summed E-state index contributed by atoms with van der Waals surface area (Å²) in [7, 11) is 0. The number of phenolic OH excluding ortho intramolecular Hbond substituents is 1. The molecule has 0 bridgehead atoms. The summed E-state index contributed by atoms with van der Waals surface area (Å²) in [6.07, 6.45) is 0.432. The molecule has 0 radical (unpaired) electrons. The molecule has 0 spiro atoms. The van der Waals surface area contributed by atoms with Gasteiger partial charge < -0.3 is 14.7 Å². The number of ether oxygens (including phenoxy) is 1. The van der Waals surface area contributed by atoms with E-state index in [4.69, 9.17) is 4.74 Å². The maximum atomic E-state index is 9.75. The Kier molecular flexibility index (Phi) is 2.82. The molecule has 0 saturated carbocycles. The van der Waals surface area contributed by atoms with Crippen LogP contribution in [-0.2, 0) is 4.74 Å². The van der Waals surface area contributed by atoms with Crippen molar-refractivity contribution in [2.75, 3.05) is 18.0 Å². The van der Waals surface area contributed by atoms with Crippen LogP contribution in [0.1, 0.15) is 13.8 Å². The van der Waals surface area contributed by atoms with Crippen molar-refractivity contribution in [1.82, 2.24) is 0 Å². The lowest BCUT2D eigenvalue weighted by molar-refractivity contribution is -0.00531. The first-order valence-electron chi connectivity index (χ1n) is 5.35. The molecule has 1 aromatic rings. The molecule has 0 unspecified atom stereocenters. The number of benzene rings is 1. The third-order valence-corrected chi connectivity index (χ3v) is 2.64. The van der Waals surface area contributed by atoms with Gasteiger partial charge in [0.15, 0.2) is 0 Å². The second-order valence-corrected chi connectivity index (χ2v) is 4.15. The number of rotatable bonds is 1. The van der Waals surface area contributed by atoms with E-state index in [0.717, 1.165) is 18.8 Å². The summed E-state index contributed by atoms with van der Waals surface area (Å²) in [4.78, 5) is 2.17. The lowest BCUT2D eigenvalue weighted by Gasteiger charge is -2.37. The first-order valence-corrected chi connectivity index (χ1v) is 5.35. The van der Waals surface area contributed by atoms with Crippen LogP contribution in [-0.4, -0.2) is 30.4 Å². The van der Waals surface area contributed by atoms with Crippen LogP contribution in [0.4, 0.5) is 5.69 Å². The molecular weight excluding hydrogens is 190 g/mol. The molecule has 0 aromatic heterocycles. The van der Waals surface area contributed by atoms with Crippen LogP contribution in [0.2, 0.25) is 0 Å². The SMILES string of the molecule is C[C@@H]1CN(c2ccccc2O)C[C@@H](C)O1. The van der Waals surface area contributed by atoms with Gasteiger partial charge in [0, 0.05) is 13.1 Å². The average Bonchev–Trinajstić information content (AvgIpc) is 2.16. The molecule has 15 heavy (non-hydrogen) atoms. The zero-order valence-electron chi connectivity index (χ0n) is 9.18. The standard InChI is InChI=1S/C12H17NO2/c1-9-7-13(8-10(2)15-9)11-5-3-4-6-12(11)14/h3-6,9-10,14H,7-8H2,1-2H3/t9-,10-/m1/s1.